The summed E-state index contributed by atoms with van der Waals surface area (Å²) in [4.78, 5) is 4.72. The van der Waals surface area contributed by atoms with Gasteiger partial charge in [-0.05, 0) is 44.7 Å². The number of rotatable bonds is 11. The van der Waals surface area contributed by atoms with E-state index in [2.05, 4.69) is 42.7 Å². The Morgan fingerprint density at radius 2 is 2.04 bits per heavy atom. The Bertz CT molecular complexity index is 542. The van der Waals surface area contributed by atoms with E-state index >= 15 is 0 Å². The maximum absolute atomic E-state index is 5.90. The number of nitrogens with zero attached hydrogens (tertiary/aromatic N) is 1. The molecular formula is C20H33N3O2. The van der Waals surface area contributed by atoms with Crippen LogP contribution in [0.15, 0.2) is 23.2 Å². The Morgan fingerprint density at radius 1 is 1.20 bits per heavy atom. The van der Waals surface area contributed by atoms with Crippen molar-refractivity contribution in [2.24, 2.45) is 10.9 Å². The molecule has 1 aliphatic carbocycles. The van der Waals surface area contributed by atoms with Crippen molar-refractivity contribution >= 4 is 5.96 Å². The van der Waals surface area contributed by atoms with Crippen molar-refractivity contribution < 1.29 is 9.47 Å². The van der Waals surface area contributed by atoms with Crippen LogP contribution in [-0.4, -0.2) is 38.9 Å². The summed E-state index contributed by atoms with van der Waals surface area (Å²) in [5.74, 6) is 2.71. The summed E-state index contributed by atoms with van der Waals surface area (Å²) in [6.07, 6.45) is 4.02. The van der Waals surface area contributed by atoms with Crippen molar-refractivity contribution in [3.8, 4) is 5.75 Å². The Kier molecular flexibility index (Phi) is 8.60. The van der Waals surface area contributed by atoms with Gasteiger partial charge in [0, 0.05) is 25.3 Å². The van der Waals surface area contributed by atoms with Gasteiger partial charge in [0.2, 0.25) is 0 Å². The van der Waals surface area contributed by atoms with Gasteiger partial charge in [-0.1, -0.05) is 25.0 Å². The number of nitrogens with one attached hydrogen (secondary N) is 2. The van der Waals surface area contributed by atoms with E-state index < -0.39 is 0 Å². The number of ether oxygens (including phenoxy) is 2. The van der Waals surface area contributed by atoms with Crippen LogP contribution < -0.4 is 15.4 Å². The predicted octanol–water partition coefficient (Wildman–Crippen LogP) is 3.27. The van der Waals surface area contributed by atoms with Crippen LogP contribution in [0.3, 0.4) is 0 Å². The van der Waals surface area contributed by atoms with Crippen LogP contribution in [0.25, 0.3) is 0 Å². The second-order valence-corrected chi connectivity index (χ2v) is 6.51. The average Bonchev–Trinajstić information content (AvgIpc) is 3.42. The molecule has 1 saturated carbocycles. The molecule has 1 aliphatic rings. The molecule has 0 aromatic heterocycles. The monoisotopic (exact) mass is 347 g/mol. The molecule has 5 heteroatoms. The van der Waals surface area contributed by atoms with E-state index in [4.69, 9.17) is 14.5 Å². The second-order valence-electron chi connectivity index (χ2n) is 6.51. The number of aliphatic imine (C=N–C) groups is 1. The predicted molar refractivity (Wildman–Crippen MR) is 103 cm³/mol. The Labute approximate surface area is 152 Å². The molecule has 1 fully saturated rings. The molecule has 2 N–H and O–H groups in total. The molecule has 0 unspecified atom stereocenters. The van der Waals surface area contributed by atoms with Gasteiger partial charge in [0.15, 0.2) is 5.96 Å². The molecule has 0 aliphatic heterocycles. The first-order chi connectivity index (χ1) is 12.2. The van der Waals surface area contributed by atoms with Crippen LogP contribution in [-0.2, 0) is 11.3 Å². The Balaban J connectivity index is 1.92. The lowest BCUT2D eigenvalue weighted by atomic mass is 10.1. The molecule has 1 aromatic rings. The number of guanidine groups is 1. The van der Waals surface area contributed by atoms with Crippen molar-refractivity contribution in [3.63, 3.8) is 0 Å². The van der Waals surface area contributed by atoms with Gasteiger partial charge in [0.1, 0.15) is 12.4 Å². The molecule has 25 heavy (non-hydrogen) atoms. The standard InChI is InChI=1S/C20H33N3O2/c1-4-21-20(22-11-10-17-7-8-17)23-15-18-9-6-16(3)14-19(18)25-13-12-24-5-2/h6,9,14,17H,4-5,7-8,10-13,15H2,1-3H3,(H2,21,22,23). The van der Waals surface area contributed by atoms with Gasteiger partial charge in [0.05, 0.1) is 13.2 Å². The summed E-state index contributed by atoms with van der Waals surface area (Å²) >= 11 is 0. The molecule has 1 aromatic carbocycles. The van der Waals surface area contributed by atoms with E-state index in [9.17, 15) is 0 Å². The second kappa shape index (κ2) is 11.0. The quantitative estimate of drug-likeness (QED) is 0.366. The van der Waals surface area contributed by atoms with Crippen LogP contribution >= 0.6 is 0 Å². The minimum Gasteiger partial charge on any atom is -0.491 e. The van der Waals surface area contributed by atoms with Gasteiger partial charge >= 0.3 is 0 Å². The first-order valence-electron chi connectivity index (χ1n) is 9.55. The Morgan fingerprint density at radius 3 is 2.76 bits per heavy atom. The minimum atomic E-state index is 0.563. The van der Waals surface area contributed by atoms with Crippen LogP contribution in [0.1, 0.15) is 44.2 Å². The molecular weight excluding hydrogens is 314 g/mol. The maximum atomic E-state index is 5.90. The van der Waals surface area contributed by atoms with Gasteiger partial charge < -0.3 is 20.1 Å². The zero-order valence-electron chi connectivity index (χ0n) is 15.9. The zero-order chi connectivity index (χ0) is 17.9. The number of aryl methyl sites for hydroxylation is 1. The topological polar surface area (TPSA) is 54.9 Å². The molecule has 0 radical (unpaired) electrons. The van der Waals surface area contributed by atoms with Crippen molar-refractivity contribution in [1.82, 2.24) is 10.6 Å². The summed E-state index contributed by atoms with van der Waals surface area (Å²) < 4.78 is 11.2. The highest BCUT2D eigenvalue weighted by Gasteiger charge is 2.20. The lowest BCUT2D eigenvalue weighted by Gasteiger charge is -2.13. The summed E-state index contributed by atoms with van der Waals surface area (Å²) in [6.45, 7) is 10.5. The third-order valence-corrected chi connectivity index (χ3v) is 4.21. The number of hydrogen-bond acceptors (Lipinski definition) is 3. The van der Waals surface area contributed by atoms with E-state index in [0.29, 0.717) is 26.4 Å². The number of benzene rings is 1. The molecule has 0 spiro atoms. The van der Waals surface area contributed by atoms with E-state index in [1.165, 1.54) is 24.8 Å². The number of hydrogen-bond donors (Lipinski definition) is 2. The molecule has 2 rings (SSSR count). The molecule has 0 bridgehead atoms. The molecule has 0 saturated heterocycles. The highest BCUT2D eigenvalue weighted by Crippen LogP contribution is 2.31. The summed E-state index contributed by atoms with van der Waals surface area (Å²) in [7, 11) is 0. The summed E-state index contributed by atoms with van der Waals surface area (Å²) in [5.41, 5.74) is 2.29. The van der Waals surface area contributed by atoms with Gasteiger partial charge in [-0.25, -0.2) is 4.99 Å². The van der Waals surface area contributed by atoms with E-state index in [0.717, 1.165) is 36.3 Å². The van der Waals surface area contributed by atoms with Crippen LogP contribution in [0.2, 0.25) is 0 Å². The smallest absolute Gasteiger partial charge is 0.191 e. The largest absolute Gasteiger partial charge is 0.491 e. The van der Waals surface area contributed by atoms with Gasteiger partial charge in [-0.15, -0.1) is 0 Å². The SMILES string of the molecule is CCNC(=NCc1ccc(C)cc1OCCOCC)NCCC1CC1. The fraction of sp³-hybridized carbons (Fsp3) is 0.650. The van der Waals surface area contributed by atoms with Gasteiger partial charge in [-0.2, -0.15) is 0 Å². The Hall–Kier alpha value is -1.75. The zero-order valence-corrected chi connectivity index (χ0v) is 15.9. The first kappa shape index (κ1) is 19.6. The molecule has 0 atom stereocenters. The van der Waals surface area contributed by atoms with E-state index in [-0.39, 0.29) is 0 Å². The molecule has 140 valence electrons. The average molecular weight is 348 g/mol. The molecule has 5 nitrogen and oxygen atoms in total. The highest BCUT2D eigenvalue weighted by atomic mass is 16.5. The maximum Gasteiger partial charge on any atom is 0.191 e. The van der Waals surface area contributed by atoms with Crippen LogP contribution in [0.4, 0.5) is 0 Å². The fourth-order valence-corrected chi connectivity index (χ4v) is 2.59. The third-order valence-electron chi connectivity index (χ3n) is 4.21. The van der Waals surface area contributed by atoms with E-state index in [1.807, 2.05) is 6.92 Å². The highest BCUT2D eigenvalue weighted by molar-refractivity contribution is 5.79. The normalized spacial score (nSPS) is 14.4. The first-order valence-corrected chi connectivity index (χ1v) is 9.55. The van der Waals surface area contributed by atoms with Gasteiger partial charge in [-0.3, -0.25) is 0 Å². The van der Waals surface area contributed by atoms with Crippen molar-refractivity contribution in [2.45, 2.75) is 46.6 Å². The van der Waals surface area contributed by atoms with Gasteiger partial charge in [0.25, 0.3) is 0 Å². The van der Waals surface area contributed by atoms with Crippen molar-refractivity contribution in [3.05, 3.63) is 29.3 Å². The van der Waals surface area contributed by atoms with E-state index in [1.54, 1.807) is 0 Å². The lowest BCUT2D eigenvalue weighted by Crippen LogP contribution is -2.37. The van der Waals surface area contributed by atoms with Crippen LogP contribution in [0.5, 0.6) is 5.75 Å². The van der Waals surface area contributed by atoms with Crippen molar-refractivity contribution in [2.75, 3.05) is 32.9 Å². The summed E-state index contributed by atoms with van der Waals surface area (Å²) in [6, 6.07) is 6.28. The summed E-state index contributed by atoms with van der Waals surface area (Å²) in [5, 5.41) is 6.75. The van der Waals surface area contributed by atoms with Crippen molar-refractivity contribution in [1.29, 1.82) is 0 Å². The molecule has 0 amide bonds. The third kappa shape index (κ3) is 7.78. The minimum absolute atomic E-state index is 0.563. The van der Waals surface area contributed by atoms with Crippen LogP contribution in [0, 0.1) is 12.8 Å². The lowest BCUT2D eigenvalue weighted by molar-refractivity contribution is 0.110. The molecule has 0 heterocycles. The fourth-order valence-electron chi connectivity index (χ4n) is 2.59.